The predicted octanol–water partition coefficient (Wildman–Crippen LogP) is 5.59. The molecule has 3 nitrogen and oxygen atoms in total. The minimum absolute atomic E-state index is 0.114. The van der Waals surface area contributed by atoms with Crippen molar-refractivity contribution >= 4 is 5.97 Å². The molecule has 0 saturated heterocycles. The van der Waals surface area contributed by atoms with Gasteiger partial charge in [0, 0.05) is 6.42 Å². The fraction of sp³-hybridized carbons (Fsp3) is 0.762. The van der Waals surface area contributed by atoms with Gasteiger partial charge in [0.1, 0.15) is 0 Å². The van der Waals surface area contributed by atoms with Gasteiger partial charge in [-0.25, -0.2) is 0 Å². The van der Waals surface area contributed by atoms with E-state index in [0.29, 0.717) is 17.8 Å². The van der Waals surface area contributed by atoms with Gasteiger partial charge in [-0.05, 0) is 63.2 Å². The van der Waals surface area contributed by atoms with Crippen molar-refractivity contribution < 1.29 is 15.0 Å². The predicted molar refractivity (Wildman–Crippen MR) is 102 cm³/mol. The van der Waals surface area contributed by atoms with Gasteiger partial charge >= 0.3 is 5.97 Å². The van der Waals surface area contributed by atoms with E-state index >= 15 is 0 Å². The van der Waals surface area contributed by atoms with E-state index in [1.165, 1.54) is 19.3 Å². The largest absolute Gasteiger partial charge is 0.481 e. The molecule has 3 heteroatoms. The molecule has 4 unspecified atom stereocenters. The van der Waals surface area contributed by atoms with Crippen LogP contribution in [0.4, 0.5) is 0 Å². The maximum Gasteiger partial charge on any atom is 0.303 e. The summed E-state index contributed by atoms with van der Waals surface area (Å²) < 4.78 is 0. The molecule has 0 fully saturated rings. The zero-order chi connectivity index (χ0) is 18.5. The lowest BCUT2D eigenvalue weighted by atomic mass is 9.71. The average molecular weight is 339 g/mol. The van der Waals surface area contributed by atoms with E-state index in [1.807, 2.05) is 0 Å². The summed E-state index contributed by atoms with van der Waals surface area (Å²) in [5, 5.41) is 17.7. The molecule has 1 aliphatic carbocycles. The summed E-state index contributed by atoms with van der Waals surface area (Å²) in [5.74, 6) is 1.15. The van der Waals surface area contributed by atoms with E-state index in [2.05, 4.69) is 39.5 Å². The molecule has 2 N–H and O–H groups in total. The number of carbonyl (C=O) groups is 1. The van der Waals surface area contributed by atoms with Crippen LogP contribution < -0.4 is 0 Å². The summed E-state index contributed by atoms with van der Waals surface area (Å²) >= 11 is 0. The van der Waals surface area contributed by atoms with E-state index in [0.717, 1.165) is 25.7 Å². The average Bonchev–Trinajstić information content (AvgIpc) is 2.57. The Balaban J connectivity index is 0.000000922. The molecular formula is C21H38O3. The summed E-state index contributed by atoms with van der Waals surface area (Å²) in [7, 11) is 0. The van der Waals surface area contributed by atoms with Crippen LogP contribution in [0.25, 0.3) is 0 Å². The molecule has 1 aliphatic rings. The molecule has 0 aliphatic heterocycles. The van der Waals surface area contributed by atoms with Crippen LogP contribution in [0.5, 0.6) is 0 Å². The van der Waals surface area contributed by atoms with Crippen LogP contribution in [0.1, 0.15) is 79.1 Å². The van der Waals surface area contributed by atoms with Crippen molar-refractivity contribution in [3.63, 3.8) is 0 Å². The highest BCUT2D eigenvalue weighted by atomic mass is 16.4. The van der Waals surface area contributed by atoms with E-state index in [1.54, 1.807) is 12.5 Å². The summed E-state index contributed by atoms with van der Waals surface area (Å²) in [6.45, 7) is 12.3. The Morgan fingerprint density at radius 3 is 2.46 bits per heavy atom. The Kier molecular flexibility index (Phi) is 12.6. The molecule has 0 aromatic rings. The summed E-state index contributed by atoms with van der Waals surface area (Å²) in [6.07, 6.45) is 12.6. The third-order valence-electron chi connectivity index (χ3n) is 5.09. The highest BCUT2D eigenvalue weighted by Gasteiger charge is 2.28. The number of carboxylic acids is 1. The smallest absolute Gasteiger partial charge is 0.303 e. The van der Waals surface area contributed by atoms with Crippen LogP contribution in [0.2, 0.25) is 0 Å². The number of aliphatic carboxylic acids is 1. The monoisotopic (exact) mass is 338 g/mol. The van der Waals surface area contributed by atoms with Crippen LogP contribution >= 0.6 is 0 Å². The van der Waals surface area contributed by atoms with Gasteiger partial charge in [-0.3, -0.25) is 4.79 Å². The number of allylic oxidation sites excluding steroid dienone is 3. The first kappa shape index (κ1) is 22.9. The van der Waals surface area contributed by atoms with E-state index in [9.17, 15) is 9.90 Å². The van der Waals surface area contributed by atoms with Crippen molar-refractivity contribution in [3.8, 4) is 0 Å². The molecule has 1 rings (SSSR count). The number of hydrogen-bond donors (Lipinski definition) is 2. The molecule has 0 aromatic heterocycles. The van der Waals surface area contributed by atoms with Crippen LogP contribution in [0.3, 0.4) is 0 Å². The first-order valence-corrected chi connectivity index (χ1v) is 9.56. The number of aliphatic hydroxyl groups excluding tert-OH is 1. The molecule has 0 saturated carbocycles. The number of aliphatic hydroxyl groups is 1. The third kappa shape index (κ3) is 9.27. The molecule has 0 amide bonds. The van der Waals surface area contributed by atoms with Gasteiger partial charge in [0.2, 0.25) is 0 Å². The van der Waals surface area contributed by atoms with Gasteiger partial charge in [0.15, 0.2) is 0 Å². The minimum atomic E-state index is -0.745. The van der Waals surface area contributed by atoms with Gasteiger partial charge in [-0.15, -0.1) is 6.58 Å². The fourth-order valence-electron chi connectivity index (χ4n) is 3.47. The zero-order valence-electron chi connectivity index (χ0n) is 16.1. The van der Waals surface area contributed by atoms with Crippen molar-refractivity contribution in [2.45, 2.75) is 85.2 Å². The molecule has 24 heavy (non-hydrogen) atoms. The quantitative estimate of drug-likeness (QED) is 0.538. The van der Waals surface area contributed by atoms with Crippen LogP contribution in [0, 0.1) is 17.8 Å². The molecule has 140 valence electrons. The van der Waals surface area contributed by atoms with E-state index in [4.69, 9.17) is 5.11 Å². The summed E-state index contributed by atoms with van der Waals surface area (Å²) in [6, 6.07) is 0. The maximum atomic E-state index is 9.98. The second kappa shape index (κ2) is 13.2. The van der Waals surface area contributed by atoms with Gasteiger partial charge in [-0.1, -0.05) is 44.9 Å². The third-order valence-corrected chi connectivity index (χ3v) is 5.09. The van der Waals surface area contributed by atoms with Crippen molar-refractivity contribution in [1.29, 1.82) is 0 Å². The number of carboxylic acid groups (broad SMARTS) is 1. The Bertz CT molecular complexity index is 387. The minimum Gasteiger partial charge on any atom is -0.481 e. The second-order valence-electron chi connectivity index (χ2n) is 7.01. The first-order chi connectivity index (χ1) is 11.4. The molecule has 0 heterocycles. The number of rotatable bonds is 9. The molecule has 0 radical (unpaired) electrons. The molecule has 0 bridgehead atoms. The lowest BCUT2D eigenvalue weighted by Crippen LogP contribution is -2.25. The maximum absolute atomic E-state index is 9.98. The van der Waals surface area contributed by atoms with Crippen molar-refractivity contribution in [2.24, 2.45) is 17.8 Å². The fourth-order valence-corrected chi connectivity index (χ4v) is 3.47. The second-order valence-corrected chi connectivity index (χ2v) is 7.01. The Labute approximate surface area is 148 Å². The molecule has 0 spiro atoms. The zero-order valence-corrected chi connectivity index (χ0v) is 16.1. The van der Waals surface area contributed by atoms with Crippen molar-refractivity contribution in [3.05, 3.63) is 24.3 Å². The van der Waals surface area contributed by atoms with Gasteiger partial charge in [-0.2, -0.15) is 0 Å². The SMILES string of the molecule is C=CC(C)C(CCC(O)CCC)C1CCCC=C1C.CCC(=O)O. The van der Waals surface area contributed by atoms with Crippen molar-refractivity contribution in [1.82, 2.24) is 0 Å². The Morgan fingerprint density at radius 1 is 1.38 bits per heavy atom. The first-order valence-electron chi connectivity index (χ1n) is 9.56. The number of hydrogen-bond acceptors (Lipinski definition) is 2. The molecular weight excluding hydrogens is 300 g/mol. The normalized spacial score (nSPS) is 20.9. The lowest BCUT2D eigenvalue weighted by molar-refractivity contribution is -0.136. The topological polar surface area (TPSA) is 57.5 Å². The van der Waals surface area contributed by atoms with Gasteiger partial charge < -0.3 is 10.2 Å². The lowest BCUT2D eigenvalue weighted by Gasteiger charge is -2.34. The Morgan fingerprint density at radius 2 is 2.00 bits per heavy atom. The van der Waals surface area contributed by atoms with E-state index < -0.39 is 5.97 Å². The van der Waals surface area contributed by atoms with Crippen LogP contribution in [-0.4, -0.2) is 22.3 Å². The summed E-state index contributed by atoms with van der Waals surface area (Å²) in [4.78, 5) is 9.37. The highest BCUT2D eigenvalue weighted by Crippen LogP contribution is 2.38. The van der Waals surface area contributed by atoms with E-state index in [-0.39, 0.29) is 12.5 Å². The highest BCUT2D eigenvalue weighted by molar-refractivity contribution is 5.66. The van der Waals surface area contributed by atoms with Crippen LogP contribution in [0.15, 0.2) is 24.3 Å². The Hall–Kier alpha value is -1.09. The molecule has 0 aromatic carbocycles. The summed E-state index contributed by atoms with van der Waals surface area (Å²) in [5.41, 5.74) is 1.56. The van der Waals surface area contributed by atoms with Crippen molar-refractivity contribution in [2.75, 3.05) is 0 Å². The molecule has 4 atom stereocenters. The van der Waals surface area contributed by atoms with Crippen LogP contribution in [-0.2, 0) is 4.79 Å². The van der Waals surface area contributed by atoms with Gasteiger partial charge in [0.05, 0.1) is 6.10 Å². The standard InChI is InChI=1S/C18H32O.C3H6O2/c1-5-9-16(19)12-13-18(14(3)6-2)17-11-8-7-10-15(17)4;1-2-3(4)5/h6,10,14,16-19H,2,5,7-9,11-13H2,1,3-4H3;2H2,1H3,(H,4,5). The van der Waals surface area contributed by atoms with Gasteiger partial charge in [0.25, 0.3) is 0 Å².